The minimum Gasteiger partial charge on any atom is -0.497 e. The predicted octanol–water partition coefficient (Wildman–Crippen LogP) is 2.26. The number of hydrogen-bond acceptors (Lipinski definition) is 6. The van der Waals surface area contributed by atoms with Gasteiger partial charge in [0.1, 0.15) is 5.75 Å². The van der Waals surface area contributed by atoms with E-state index in [1.54, 1.807) is 25.6 Å². The first-order chi connectivity index (χ1) is 13.4. The minimum absolute atomic E-state index is 0.0620. The monoisotopic (exact) mass is 418 g/mol. The average Bonchev–Trinajstić information content (AvgIpc) is 3.14. The van der Waals surface area contributed by atoms with Crippen LogP contribution in [0, 0.1) is 0 Å². The molecule has 1 heterocycles. The number of benzene rings is 2. The normalized spacial score (nSPS) is 11.2. The molecule has 0 saturated carbocycles. The largest absolute Gasteiger partial charge is 0.497 e. The maximum absolute atomic E-state index is 12.2. The number of imidazole rings is 1. The predicted molar refractivity (Wildman–Crippen MR) is 107 cm³/mol. The molecule has 2 aromatic carbocycles. The molecular weight excluding hydrogens is 400 g/mol. The van der Waals surface area contributed by atoms with Crippen LogP contribution >= 0.6 is 11.8 Å². The Hall–Kier alpha value is -2.82. The maximum atomic E-state index is 12.2. The van der Waals surface area contributed by atoms with E-state index in [1.807, 2.05) is 28.8 Å². The summed E-state index contributed by atoms with van der Waals surface area (Å²) in [5, 5.41) is 8.42. The standard InChI is InChI=1S/C18H18N4O4S2/c1-26-15-7-5-14(6-8-15)22-10-9-20-18(22)27-12-17(23)21-13-3-2-4-16(11-13)28(19,24)25/h2-11H,12H2,1H3,(H,21,23)(H2,19,24,25). The number of sulfonamides is 1. The number of thioether (sulfide) groups is 1. The minimum atomic E-state index is -3.83. The first kappa shape index (κ1) is 19.9. The molecule has 0 radical (unpaired) electrons. The van der Waals surface area contributed by atoms with Gasteiger partial charge in [-0.3, -0.25) is 9.36 Å². The highest BCUT2D eigenvalue weighted by Gasteiger charge is 2.12. The van der Waals surface area contributed by atoms with E-state index in [0.29, 0.717) is 10.8 Å². The van der Waals surface area contributed by atoms with Gasteiger partial charge in [0.15, 0.2) is 5.16 Å². The van der Waals surface area contributed by atoms with Crippen LogP contribution in [0.15, 0.2) is 71.0 Å². The van der Waals surface area contributed by atoms with E-state index in [-0.39, 0.29) is 16.6 Å². The fraction of sp³-hybridized carbons (Fsp3) is 0.111. The van der Waals surface area contributed by atoms with Gasteiger partial charge in [-0.25, -0.2) is 18.5 Å². The Kier molecular flexibility index (Phi) is 6.02. The van der Waals surface area contributed by atoms with Crippen LogP contribution in [-0.4, -0.2) is 36.7 Å². The lowest BCUT2D eigenvalue weighted by molar-refractivity contribution is -0.113. The lowest BCUT2D eigenvalue weighted by Crippen LogP contribution is -2.16. The molecule has 3 aromatic rings. The molecule has 10 heteroatoms. The van der Waals surface area contributed by atoms with Gasteiger partial charge < -0.3 is 10.1 Å². The Morgan fingerprint density at radius 1 is 1.25 bits per heavy atom. The summed E-state index contributed by atoms with van der Waals surface area (Å²) < 4.78 is 29.8. The zero-order valence-corrected chi connectivity index (χ0v) is 16.5. The van der Waals surface area contributed by atoms with Crippen molar-refractivity contribution in [2.24, 2.45) is 5.14 Å². The molecule has 0 spiro atoms. The lowest BCUT2D eigenvalue weighted by atomic mass is 10.3. The average molecular weight is 419 g/mol. The maximum Gasteiger partial charge on any atom is 0.238 e. The zero-order chi connectivity index (χ0) is 20.1. The Balaban J connectivity index is 1.65. The van der Waals surface area contributed by atoms with Crippen LogP contribution in [0.2, 0.25) is 0 Å². The van der Waals surface area contributed by atoms with E-state index in [4.69, 9.17) is 9.88 Å². The molecular formula is C18H18N4O4S2. The van der Waals surface area contributed by atoms with Crippen LogP contribution in [0.25, 0.3) is 5.69 Å². The van der Waals surface area contributed by atoms with Crippen molar-refractivity contribution >= 4 is 33.4 Å². The molecule has 3 rings (SSSR count). The number of carbonyl (C=O) groups is 1. The number of methoxy groups -OCH3 is 1. The molecule has 0 aliphatic heterocycles. The molecule has 0 saturated heterocycles. The number of hydrogen-bond donors (Lipinski definition) is 2. The van der Waals surface area contributed by atoms with Crippen molar-refractivity contribution < 1.29 is 17.9 Å². The van der Waals surface area contributed by atoms with Crippen molar-refractivity contribution in [3.63, 3.8) is 0 Å². The van der Waals surface area contributed by atoms with Crippen molar-refractivity contribution in [2.75, 3.05) is 18.2 Å². The highest BCUT2D eigenvalue weighted by Crippen LogP contribution is 2.22. The molecule has 0 aliphatic rings. The molecule has 0 aliphatic carbocycles. The van der Waals surface area contributed by atoms with E-state index in [9.17, 15) is 13.2 Å². The van der Waals surface area contributed by atoms with Gasteiger partial charge in [0.05, 0.1) is 17.8 Å². The number of nitrogens with two attached hydrogens (primary N) is 1. The number of aromatic nitrogens is 2. The summed E-state index contributed by atoms with van der Waals surface area (Å²) in [6, 6.07) is 13.3. The molecule has 28 heavy (non-hydrogen) atoms. The number of carbonyl (C=O) groups excluding carboxylic acids is 1. The summed E-state index contributed by atoms with van der Waals surface area (Å²) in [6.07, 6.45) is 3.46. The number of nitrogens with zero attached hydrogens (tertiary/aromatic N) is 2. The molecule has 3 N–H and O–H groups in total. The molecule has 8 nitrogen and oxygen atoms in total. The summed E-state index contributed by atoms with van der Waals surface area (Å²) in [5.74, 6) is 0.562. The highest BCUT2D eigenvalue weighted by atomic mass is 32.2. The van der Waals surface area contributed by atoms with E-state index in [1.165, 1.54) is 30.0 Å². The van der Waals surface area contributed by atoms with Gasteiger partial charge in [-0.2, -0.15) is 0 Å². The Morgan fingerprint density at radius 2 is 2.00 bits per heavy atom. The molecule has 0 fully saturated rings. The fourth-order valence-electron chi connectivity index (χ4n) is 2.41. The van der Waals surface area contributed by atoms with Crippen molar-refractivity contribution in [3.8, 4) is 11.4 Å². The summed E-state index contributed by atoms with van der Waals surface area (Å²) in [6.45, 7) is 0. The van der Waals surface area contributed by atoms with Crippen LogP contribution in [0.5, 0.6) is 5.75 Å². The van der Waals surface area contributed by atoms with Crippen molar-refractivity contribution in [2.45, 2.75) is 10.1 Å². The number of amides is 1. The SMILES string of the molecule is COc1ccc(-n2ccnc2SCC(=O)Nc2cccc(S(N)(=O)=O)c2)cc1. The molecule has 1 amide bonds. The smallest absolute Gasteiger partial charge is 0.238 e. The van der Waals surface area contributed by atoms with Crippen molar-refractivity contribution in [3.05, 3.63) is 60.9 Å². The van der Waals surface area contributed by atoms with Crippen LogP contribution in [0.1, 0.15) is 0 Å². The number of rotatable bonds is 7. The number of primary sulfonamides is 1. The quantitative estimate of drug-likeness (QED) is 0.569. The number of anilines is 1. The van der Waals surface area contributed by atoms with Gasteiger partial charge in [0, 0.05) is 23.8 Å². The van der Waals surface area contributed by atoms with E-state index in [0.717, 1.165) is 11.4 Å². The summed E-state index contributed by atoms with van der Waals surface area (Å²) in [7, 11) is -2.23. The number of ether oxygens (including phenoxy) is 1. The topological polar surface area (TPSA) is 116 Å². The Bertz CT molecular complexity index is 1080. The summed E-state index contributed by atoms with van der Waals surface area (Å²) >= 11 is 1.26. The van der Waals surface area contributed by atoms with Gasteiger partial charge in [0.2, 0.25) is 15.9 Å². The molecule has 1 aromatic heterocycles. The van der Waals surface area contributed by atoms with Crippen LogP contribution in [-0.2, 0) is 14.8 Å². The van der Waals surface area contributed by atoms with Crippen LogP contribution in [0.4, 0.5) is 5.69 Å². The third-order valence-electron chi connectivity index (χ3n) is 3.74. The second-order valence-corrected chi connectivity index (χ2v) is 8.19. The third-order valence-corrected chi connectivity index (χ3v) is 5.61. The van der Waals surface area contributed by atoms with Gasteiger partial charge in [-0.15, -0.1) is 0 Å². The first-order valence-corrected chi connectivity index (χ1v) is 10.6. The zero-order valence-electron chi connectivity index (χ0n) is 14.9. The van der Waals surface area contributed by atoms with Crippen LogP contribution in [0.3, 0.4) is 0 Å². The summed E-state index contributed by atoms with van der Waals surface area (Å²) in [4.78, 5) is 16.5. The lowest BCUT2D eigenvalue weighted by Gasteiger charge is -2.09. The molecule has 0 atom stereocenters. The van der Waals surface area contributed by atoms with Gasteiger partial charge in [-0.1, -0.05) is 17.8 Å². The summed E-state index contributed by atoms with van der Waals surface area (Å²) in [5.41, 5.74) is 1.25. The third kappa shape index (κ3) is 4.91. The second kappa shape index (κ2) is 8.46. The molecule has 0 unspecified atom stereocenters. The van der Waals surface area contributed by atoms with Gasteiger partial charge >= 0.3 is 0 Å². The van der Waals surface area contributed by atoms with Crippen molar-refractivity contribution in [1.82, 2.24) is 9.55 Å². The molecule has 0 bridgehead atoms. The van der Waals surface area contributed by atoms with Gasteiger partial charge in [0.25, 0.3) is 0 Å². The molecule has 146 valence electrons. The van der Waals surface area contributed by atoms with E-state index >= 15 is 0 Å². The second-order valence-electron chi connectivity index (χ2n) is 5.69. The van der Waals surface area contributed by atoms with Gasteiger partial charge in [-0.05, 0) is 42.5 Å². The number of nitrogens with one attached hydrogen (secondary N) is 1. The van der Waals surface area contributed by atoms with Crippen molar-refractivity contribution in [1.29, 1.82) is 0 Å². The first-order valence-electron chi connectivity index (χ1n) is 8.10. The highest BCUT2D eigenvalue weighted by molar-refractivity contribution is 7.99. The van der Waals surface area contributed by atoms with E-state index < -0.39 is 10.0 Å². The Morgan fingerprint density at radius 3 is 2.68 bits per heavy atom. The van der Waals surface area contributed by atoms with Crippen LogP contribution < -0.4 is 15.2 Å². The fourth-order valence-corrected chi connectivity index (χ4v) is 3.75. The Labute approximate surface area is 166 Å². The van der Waals surface area contributed by atoms with E-state index in [2.05, 4.69) is 10.3 Å².